The lowest BCUT2D eigenvalue weighted by Crippen LogP contribution is -2.18. The van der Waals surface area contributed by atoms with Crippen molar-refractivity contribution in [2.75, 3.05) is 6.54 Å². The summed E-state index contributed by atoms with van der Waals surface area (Å²) in [5, 5.41) is 3.43. The molecule has 0 fully saturated rings. The predicted molar refractivity (Wildman–Crippen MR) is 83.3 cm³/mol. The largest absolute Gasteiger partial charge is 0.459 e. The Labute approximate surface area is 123 Å². The first kappa shape index (κ1) is 14.4. The summed E-state index contributed by atoms with van der Waals surface area (Å²) in [5.41, 5.74) is 2.33. The van der Waals surface area contributed by atoms with Gasteiger partial charge >= 0.3 is 0 Å². The molecule has 0 aliphatic rings. The monoisotopic (exact) mass is 321 g/mol. The zero-order valence-electron chi connectivity index (χ0n) is 11.7. The van der Waals surface area contributed by atoms with Crippen LogP contribution >= 0.6 is 15.9 Å². The summed E-state index contributed by atoms with van der Waals surface area (Å²) in [6.45, 7) is 7.38. The van der Waals surface area contributed by atoms with Crippen LogP contribution in [0, 0.1) is 6.92 Å². The zero-order valence-corrected chi connectivity index (χ0v) is 13.3. The highest BCUT2D eigenvalue weighted by Gasteiger charge is 2.11. The van der Waals surface area contributed by atoms with Crippen molar-refractivity contribution in [3.8, 4) is 11.3 Å². The molecule has 0 saturated heterocycles. The van der Waals surface area contributed by atoms with Crippen LogP contribution in [-0.4, -0.2) is 6.54 Å². The Morgan fingerprint density at radius 3 is 2.74 bits per heavy atom. The predicted octanol–water partition coefficient (Wildman–Crippen LogP) is 5.08. The molecule has 1 atom stereocenters. The van der Waals surface area contributed by atoms with Crippen LogP contribution in [0.1, 0.15) is 37.6 Å². The minimum absolute atomic E-state index is 0.252. The summed E-state index contributed by atoms with van der Waals surface area (Å²) in [6, 6.07) is 10.6. The molecule has 0 radical (unpaired) electrons. The van der Waals surface area contributed by atoms with Gasteiger partial charge in [0.2, 0.25) is 0 Å². The molecule has 0 aliphatic carbocycles. The van der Waals surface area contributed by atoms with E-state index in [4.69, 9.17) is 4.42 Å². The third-order valence-corrected chi connectivity index (χ3v) is 4.06. The molecule has 1 heterocycles. The molecule has 19 heavy (non-hydrogen) atoms. The fourth-order valence-corrected chi connectivity index (χ4v) is 2.33. The minimum Gasteiger partial charge on any atom is -0.459 e. The van der Waals surface area contributed by atoms with Crippen molar-refractivity contribution in [2.45, 2.75) is 33.2 Å². The van der Waals surface area contributed by atoms with E-state index in [0.29, 0.717) is 0 Å². The number of hydrogen-bond donors (Lipinski definition) is 1. The van der Waals surface area contributed by atoms with Crippen LogP contribution in [0.15, 0.2) is 39.2 Å². The molecular formula is C16H20BrNO. The molecule has 0 saturated carbocycles. The van der Waals surface area contributed by atoms with Crippen LogP contribution in [0.2, 0.25) is 0 Å². The highest BCUT2D eigenvalue weighted by Crippen LogP contribution is 2.28. The van der Waals surface area contributed by atoms with E-state index in [0.717, 1.165) is 34.5 Å². The maximum absolute atomic E-state index is 5.94. The lowest BCUT2D eigenvalue weighted by atomic mass is 10.1. The summed E-state index contributed by atoms with van der Waals surface area (Å²) in [5.74, 6) is 1.90. The first-order valence-electron chi connectivity index (χ1n) is 6.71. The average molecular weight is 322 g/mol. The van der Waals surface area contributed by atoms with E-state index in [1.54, 1.807) is 0 Å². The van der Waals surface area contributed by atoms with E-state index in [1.165, 1.54) is 5.56 Å². The zero-order chi connectivity index (χ0) is 13.8. The molecule has 1 unspecified atom stereocenters. The van der Waals surface area contributed by atoms with Gasteiger partial charge in [-0.25, -0.2) is 0 Å². The van der Waals surface area contributed by atoms with Gasteiger partial charge in [0, 0.05) is 10.0 Å². The maximum atomic E-state index is 5.94. The Kier molecular flexibility index (Phi) is 4.83. The highest BCUT2D eigenvalue weighted by molar-refractivity contribution is 9.10. The smallest absolute Gasteiger partial charge is 0.134 e. The highest BCUT2D eigenvalue weighted by atomic mass is 79.9. The SMILES string of the molecule is CCCNC(C)c1ccc(-c2ccc(C)c(Br)c2)o1. The molecule has 0 bridgehead atoms. The van der Waals surface area contributed by atoms with Crippen LogP contribution in [0.4, 0.5) is 0 Å². The lowest BCUT2D eigenvalue weighted by molar-refractivity contribution is 0.439. The number of hydrogen-bond acceptors (Lipinski definition) is 2. The Morgan fingerprint density at radius 1 is 1.26 bits per heavy atom. The van der Waals surface area contributed by atoms with Crippen molar-refractivity contribution < 1.29 is 4.42 Å². The normalized spacial score (nSPS) is 12.6. The fraction of sp³-hybridized carbons (Fsp3) is 0.375. The molecule has 2 nitrogen and oxygen atoms in total. The lowest BCUT2D eigenvalue weighted by Gasteiger charge is -2.10. The van der Waals surface area contributed by atoms with Crippen molar-refractivity contribution in [1.29, 1.82) is 0 Å². The molecule has 2 aromatic rings. The van der Waals surface area contributed by atoms with Gasteiger partial charge in [-0.2, -0.15) is 0 Å². The van der Waals surface area contributed by atoms with Crippen molar-refractivity contribution in [3.05, 3.63) is 46.1 Å². The topological polar surface area (TPSA) is 25.2 Å². The van der Waals surface area contributed by atoms with E-state index < -0.39 is 0 Å². The number of halogens is 1. The molecular weight excluding hydrogens is 302 g/mol. The van der Waals surface area contributed by atoms with Crippen LogP contribution < -0.4 is 5.32 Å². The van der Waals surface area contributed by atoms with Crippen LogP contribution in [0.5, 0.6) is 0 Å². The second-order valence-corrected chi connectivity index (χ2v) is 5.70. The van der Waals surface area contributed by atoms with Crippen LogP contribution in [-0.2, 0) is 0 Å². The van der Waals surface area contributed by atoms with Gasteiger partial charge in [-0.15, -0.1) is 0 Å². The molecule has 1 aromatic carbocycles. The van der Waals surface area contributed by atoms with Gasteiger partial charge < -0.3 is 9.73 Å². The molecule has 0 amide bonds. The molecule has 0 aliphatic heterocycles. The summed E-state index contributed by atoms with van der Waals surface area (Å²) in [7, 11) is 0. The second-order valence-electron chi connectivity index (χ2n) is 4.84. The van der Waals surface area contributed by atoms with E-state index >= 15 is 0 Å². The van der Waals surface area contributed by atoms with Gasteiger partial charge in [0.05, 0.1) is 6.04 Å². The third-order valence-electron chi connectivity index (χ3n) is 3.21. The number of aryl methyl sites for hydroxylation is 1. The third kappa shape index (κ3) is 3.48. The quantitative estimate of drug-likeness (QED) is 0.830. The first-order chi connectivity index (χ1) is 9.11. The van der Waals surface area contributed by atoms with Gasteiger partial charge in [-0.05, 0) is 50.6 Å². The van der Waals surface area contributed by atoms with Crippen molar-refractivity contribution >= 4 is 15.9 Å². The molecule has 102 valence electrons. The average Bonchev–Trinajstić information content (AvgIpc) is 2.89. The molecule has 1 N–H and O–H groups in total. The standard InChI is InChI=1S/C16H20BrNO/c1-4-9-18-12(3)15-7-8-16(19-15)13-6-5-11(2)14(17)10-13/h5-8,10,12,18H,4,9H2,1-3H3. The molecule has 2 rings (SSSR count). The summed E-state index contributed by atoms with van der Waals surface area (Å²) in [6.07, 6.45) is 1.13. The Bertz CT molecular complexity index is 547. The number of furan rings is 1. The summed E-state index contributed by atoms with van der Waals surface area (Å²) >= 11 is 3.56. The maximum Gasteiger partial charge on any atom is 0.134 e. The van der Waals surface area contributed by atoms with Crippen LogP contribution in [0.3, 0.4) is 0 Å². The van der Waals surface area contributed by atoms with Gasteiger partial charge in [0.25, 0.3) is 0 Å². The molecule has 0 spiro atoms. The van der Waals surface area contributed by atoms with Gasteiger partial charge in [-0.1, -0.05) is 35.0 Å². The van der Waals surface area contributed by atoms with Gasteiger partial charge in [0.15, 0.2) is 0 Å². The second kappa shape index (κ2) is 6.40. The first-order valence-corrected chi connectivity index (χ1v) is 7.50. The molecule has 3 heteroatoms. The van der Waals surface area contributed by atoms with Gasteiger partial charge in [0.1, 0.15) is 11.5 Å². The van der Waals surface area contributed by atoms with Crippen molar-refractivity contribution in [3.63, 3.8) is 0 Å². The summed E-state index contributed by atoms with van der Waals surface area (Å²) < 4.78 is 7.05. The Morgan fingerprint density at radius 2 is 2.05 bits per heavy atom. The Balaban J connectivity index is 2.18. The van der Waals surface area contributed by atoms with E-state index in [9.17, 15) is 0 Å². The van der Waals surface area contributed by atoms with Crippen molar-refractivity contribution in [1.82, 2.24) is 5.32 Å². The van der Waals surface area contributed by atoms with Crippen molar-refractivity contribution in [2.24, 2.45) is 0 Å². The molecule has 1 aromatic heterocycles. The minimum atomic E-state index is 0.252. The van der Waals surface area contributed by atoms with Crippen LogP contribution in [0.25, 0.3) is 11.3 Å². The number of benzene rings is 1. The summed E-state index contributed by atoms with van der Waals surface area (Å²) in [4.78, 5) is 0. The van der Waals surface area contributed by atoms with E-state index in [2.05, 4.69) is 66.3 Å². The number of rotatable bonds is 5. The van der Waals surface area contributed by atoms with Gasteiger partial charge in [-0.3, -0.25) is 0 Å². The number of nitrogens with one attached hydrogen (secondary N) is 1. The van der Waals surface area contributed by atoms with E-state index in [-0.39, 0.29) is 6.04 Å². The van der Waals surface area contributed by atoms with E-state index in [1.807, 2.05) is 6.07 Å². The Hall–Kier alpha value is -1.06. The fourth-order valence-electron chi connectivity index (χ4n) is 1.95.